The molecule has 0 aliphatic rings. The molecule has 4 N–H and O–H groups in total. The summed E-state index contributed by atoms with van der Waals surface area (Å²) in [6.07, 6.45) is 0.932. The summed E-state index contributed by atoms with van der Waals surface area (Å²) >= 11 is 0. The third-order valence-electron chi connectivity index (χ3n) is 2.62. The first-order valence-electron chi connectivity index (χ1n) is 4.28. The molecule has 0 atom stereocenters. The van der Waals surface area contributed by atoms with Gasteiger partial charge in [0.2, 0.25) is 0 Å². The highest BCUT2D eigenvalue weighted by Crippen LogP contribution is 2.32. The lowest BCUT2D eigenvalue weighted by molar-refractivity contribution is -0.152. The standard InChI is InChI=1S/C9H16O5S.H3N/c1-6-7(10)14-8(2,3)9(4,5)15(11,12)13;/h6H,1H2,2-5H3,(H,11,12,13);1H3. The Labute approximate surface area is 96.0 Å². The minimum absolute atomic E-state index is 0. The number of carbonyl (C=O) groups is 1. The fourth-order valence-corrected chi connectivity index (χ4v) is 1.39. The van der Waals surface area contributed by atoms with E-state index in [0.29, 0.717) is 0 Å². The van der Waals surface area contributed by atoms with Crippen molar-refractivity contribution in [3.05, 3.63) is 12.7 Å². The van der Waals surface area contributed by atoms with Gasteiger partial charge in [-0.2, -0.15) is 8.42 Å². The highest BCUT2D eigenvalue weighted by atomic mass is 32.2. The fourth-order valence-electron chi connectivity index (χ4n) is 0.727. The van der Waals surface area contributed by atoms with Gasteiger partial charge in [-0.15, -0.1) is 0 Å². The van der Waals surface area contributed by atoms with Crippen molar-refractivity contribution in [1.29, 1.82) is 0 Å². The maximum absolute atomic E-state index is 11.1. The molecule has 0 aromatic carbocycles. The van der Waals surface area contributed by atoms with E-state index in [2.05, 4.69) is 6.58 Å². The van der Waals surface area contributed by atoms with Crippen LogP contribution >= 0.6 is 0 Å². The smallest absolute Gasteiger partial charge is 0.330 e. The summed E-state index contributed by atoms with van der Waals surface area (Å²) in [6.45, 7) is 8.57. The highest BCUT2D eigenvalue weighted by molar-refractivity contribution is 7.87. The molecular weight excluding hydrogens is 234 g/mol. The molecule has 0 radical (unpaired) electrons. The van der Waals surface area contributed by atoms with E-state index in [1.807, 2.05) is 0 Å². The van der Waals surface area contributed by atoms with Crippen molar-refractivity contribution in [3.8, 4) is 0 Å². The number of rotatable bonds is 4. The van der Waals surface area contributed by atoms with E-state index < -0.39 is 26.4 Å². The van der Waals surface area contributed by atoms with Crippen LogP contribution in [-0.2, 0) is 19.6 Å². The van der Waals surface area contributed by atoms with Crippen LogP contribution in [0.5, 0.6) is 0 Å². The van der Waals surface area contributed by atoms with E-state index in [9.17, 15) is 13.2 Å². The van der Waals surface area contributed by atoms with E-state index in [0.717, 1.165) is 6.08 Å². The molecule has 6 nitrogen and oxygen atoms in total. The zero-order valence-electron chi connectivity index (χ0n) is 9.98. The maximum Gasteiger partial charge on any atom is 0.330 e. The average molecular weight is 253 g/mol. The van der Waals surface area contributed by atoms with Gasteiger partial charge in [0.15, 0.2) is 0 Å². The van der Waals surface area contributed by atoms with Crippen LogP contribution in [0.4, 0.5) is 0 Å². The third-order valence-corrected chi connectivity index (χ3v) is 4.40. The van der Waals surface area contributed by atoms with Gasteiger partial charge in [0.1, 0.15) is 10.3 Å². The van der Waals surface area contributed by atoms with Crippen LogP contribution in [0.2, 0.25) is 0 Å². The summed E-state index contributed by atoms with van der Waals surface area (Å²) in [5.41, 5.74) is -1.36. The molecular formula is C9H19NO5S. The summed E-state index contributed by atoms with van der Waals surface area (Å²) in [5.74, 6) is -0.739. The summed E-state index contributed by atoms with van der Waals surface area (Å²) in [4.78, 5) is 11.0. The van der Waals surface area contributed by atoms with Gasteiger partial charge in [0.05, 0.1) is 0 Å². The average Bonchev–Trinajstić information content (AvgIpc) is 2.00. The molecule has 0 aromatic heterocycles. The fraction of sp³-hybridized carbons (Fsp3) is 0.667. The maximum atomic E-state index is 11.1. The first kappa shape index (κ1) is 17.5. The third kappa shape index (κ3) is 3.29. The minimum atomic E-state index is -4.33. The van der Waals surface area contributed by atoms with Crippen molar-refractivity contribution in [2.45, 2.75) is 38.0 Å². The number of ether oxygens (including phenoxy) is 1. The van der Waals surface area contributed by atoms with E-state index in [-0.39, 0.29) is 6.15 Å². The molecule has 7 heteroatoms. The monoisotopic (exact) mass is 253 g/mol. The molecule has 0 bridgehead atoms. The van der Waals surface area contributed by atoms with Crippen LogP contribution in [0.3, 0.4) is 0 Å². The van der Waals surface area contributed by atoms with Gasteiger partial charge in [-0.1, -0.05) is 6.58 Å². The van der Waals surface area contributed by atoms with Gasteiger partial charge in [-0.25, -0.2) is 4.79 Å². The Kier molecular flexibility index (Phi) is 5.40. The molecule has 0 rings (SSSR count). The minimum Gasteiger partial charge on any atom is -0.455 e. The second-order valence-corrected chi connectivity index (χ2v) is 6.09. The molecule has 0 unspecified atom stereocenters. The van der Waals surface area contributed by atoms with Gasteiger partial charge < -0.3 is 10.9 Å². The predicted octanol–water partition coefficient (Wildman–Crippen LogP) is 1.32. The number of hydrogen-bond acceptors (Lipinski definition) is 5. The topological polar surface area (TPSA) is 116 Å². The highest BCUT2D eigenvalue weighted by Gasteiger charge is 2.49. The van der Waals surface area contributed by atoms with Gasteiger partial charge >= 0.3 is 5.97 Å². The van der Waals surface area contributed by atoms with E-state index in [1.54, 1.807) is 0 Å². The molecule has 0 aliphatic carbocycles. The Balaban J connectivity index is 0. The Morgan fingerprint density at radius 3 is 1.94 bits per heavy atom. The molecule has 0 saturated carbocycles. The summed E-state index contributed by atoms with van der Waals surface area (Å²) in [6, 6.07) is 0. The second-order valence-electron chi connectivity index (χ2n) is 4.12. The van der Waals surface area contributed by atoms with Gasteiger partial charge in [0.25, 0.3) is 10.1 Å². The van der Waals surface area contributed by atoms with Crippen molar-refractivity contribution < 1.29 is 22.5 Å². The normalized spacial score (nSPS) is 12.6. The summed E-state index contributed by atoms with van der Waals surface area (Å²) in [5, 5.41) is 0. The Bertz CT molecular complexity index is 369. The van der Waals surface area contributed by atoms with Crippen molar-refractivity contribution in [3.63, 3.8) is 0 Å². The van der Waals surface area contributed by atoms with Crippen LogP contribution in [0.15, 0.2) is 12.7 Å². The van der Waals surface area contributed by atoms with Crippen LogP contribution in [0.25, 0.3) is 0 Å². The number of carbonyl (C=O) groups excluding carboxylic acids is 1. The quantitative estimate of drug-likeness (QED) is 0.443. The Hall–Kier alpha value is -0.920. The second kappa shape index (κ2) is 4.94. The van der Waals surface area contributed by atoms with Gasteiger partial charge in [0, 0.05) is 6.08 Å². The molecule has 96 valence electrons. The van der Waals surface area contributed by atoms with Crippen LogP contribution in [0.1, 0.15) is 27.7 Å². The number of hydrogen-bond donors (Lipinski definition) is 2. The zero-order valence-corrected chi connectivity index (χ0v) is 10.8. The lowest BCUT2D eigenvalue weighted by Gasteiger charge is -2.37. The van der Waals surface area contributed by atoms with Crippen LogP contribution in [-0.4, -0.2) is 29.3 Å². The van der Waals surface area contributed by atoms with E-state index in [4.69, 9.17) is 9.29 Å². The van der Waals surface area contributed by atoms with E-state index >= 15 is 0 Å². The SMILES string of the molecule is C=CC(=O)OC(C)(C)C(C)(C)S(=O)(=O)O.N. The first-order valence-corrected chi connectivity index (χ1v) is 5.72. The molecule has 16 heavy (non-hydrogen) atoms. The largest absolute Gasteiger partial charge is 0.455 e. The first-order chi connectivity index (χ1) is 6.45. The molecule has 0 fully saturated rings. The lowest BCUT2D eigenvalue weighted by Crippen LogP contribution is -2.53. The summed E-state index contributed by atoms with van der Waals surface area (Å²) in [7, 11) is -4.33. The Morgan fingerprint density at radius 1 is 1.31 bits per heavy atom. The molecule has 0 saturated heterocycles. The van der Waals surface area contributed by atoms with Crippen molar-refractivity contribution in [2.75, 3.05) is 0 Å². The van der Waals surface area contributed by atoms with Crippen LogP contribution < -0.4 is 6.15 Å². The molecule has 0 heterocycles. The van der Waals surface area contributed by atoms with Crippen molar-refractivity contribution in [1.82, 2.24) is 6.15 Å². The molecule has 0 spiro atoms. The van der Waals surface area contributed by atoms with E-state index in [1.165, 1.54) is 27.7 Å². The number of esters is 1. The van der Waals surface area contributed by atoms with Gasteiger partial charge in [-0.3, -0.25) is 4.55 Å². The zero-order chi connectivity index (χ0) is 12.5. The lowest BCUT2D eigenvalue weighted by atomic mass is 9.93. The Morgan fingerprint density at radius 2 is 1.69 bits per heavy atom. The summed E-state index contributed by atoms with van der Waals surface area (Å²) < 4.78 is 34.5. The molecule has 0 aromatic rings. The predicted molar refractivity (Wildman–Crippen MR) is 61.0 cm³/mol. The van der Waals surface area contributed by atoms with Gasteiger partial charge in [-0.05, 0) is 27.7 Å². The van der Waals surface area contributed by atoms with Crippen molar-refractivity contribution >= 4 is 16.1 Å². The van der Waals surface area contributed by atoms with Crippen molar-refractivity contribution in [2.24, 2.45) is 0 Å². The molecule has 0 amide bonds. The van der Waals surface area contributed by atoms with Crippen LogP contribution in [0, 0.1) is 0 Å². The molecule has 0 aliphatic heterocycles.